The number of anilines is 1. The van der Waals surface area contributed by atoms with Crippen molar-refractivity contribution in [1.82, 2.24) is 4.90 Å². The van der Waals surface area contributed by atoms with Gasteiger partial charge in [0.25, 0.3) is 0 Å². The van der Waals surface area contributed by atoms with Gasteiger partial charge in [-0.1, -0.05) is 17.7 Å². The maximum absolute atomic E-state index is 12.6. The van der Waals surface area contributed by atoms with Crippen LogP contribution in [0.15, 0.2) is 35.7 Å². The fourth-order valence-corrected chi connectivity index (χ4v) is 3.87. The molecule has 1 saturated heterocycles. The highest BCUT2D eigenvalue weighted by molar-refractivity contribution is 7.12. The molecule has 0 aliphatic carbocycles. The number of hydrogen-bond acceptors (Lipinski definition) is 4. The summed E-state index contributed by atoms with van der Waals surface area (Å²) < 4.78 is 0. The Hall–Kier alpha value is -1.69. The fraction of sp³-hybridized carbons (Fsp3) is 0.333. The van der Waals surface area contributed by atoms with Crippen molar-refractivity contribution in [3.05, 3.63) is 51.2 Å². The van der Waals surface area contributed by atoms with Crippen LogP contribution >= 0.6 is 22.9 Å². The molecule has 0 bridgehead atoms. The molecule has 4 nitrogen and oxygen atoms in total. The van der Waals surface area contributed by atoms with Crippen molar-refractivity contribution in [2.24, 2.45) is 0 Å². The van der Waals surface area contributed by atoms with Gasteiger partial charge in [-0.3, -0.25) is 14.5 Å². The number of Topliss-reactive ketones (excluding diaryl/α,β-unsaturated/α-hetero) is 1. The first-order chi connectivity index (χ1) is 11.4. The van der Waals surface area contributed by atoms with Crippen LogP contribution in [-0.4, -0.2) is 35.7 Å². The zero-order chi connectivity index (χ0) is 17.3. The molecule has 0 spiro atoms. The van der Waals surface area contributed by atoms with Crippen LogP contribution in [0.3, 0.4) is 0 Å². The molecule has 0 N–H and O–H groups in total. The molecule has 0 saturated carbocycles. The summed E-state index contributed by atoms with van der Waals surface area (Å²) in [6, 6.07) is 9.54. The van der Waals surface area contributed by atoms with Gasteiger partial charge in [-0.2, -0.15) is 0 Å². The van der Waals surface area contributed by atoms with E-state index in [1.807, 2.05) is 29.6 Å². The van der Waals surface area contributed by atoms with E-state index in [0.717, 1.165) is 16.1 Å². The second kappa shape index (κ2) is 7.05. The number of halogens is 1. The van der Waals surface area contributed by atoms with Crippen LogP contribution < -0.4 is 4.90 Å². The average Bonchev–Trinajstić information content (AvgIpc) is 2.99. The summed E-state index contributed by atoms with van der Waals surface area (Å²) in [5, 5.41) is 2.63. The Kier molecular flexibility index (Phi) is 5.04. The Morgan fingerprint density at radius 1 is 1.38 bits per heavy atom. The summed E-state index contributed by atoms with van der Waals surface area (Å²) in [6.07, 6.45) is 0. The Bertz CT molecular complexity index is 774. The Balaban J connectivity index is 1.71. The summed E-state index contributed by atoms with van der Waals surface area (Å²) in [5.41, 5.74) is 1.93. The summed E-state index contributed by atoms with van der Waals surface area (Å²) in [6.45, 7) is 5.36. The van der Waals surface area contributed by atoms with Gasteiger partial charge in [-0.15, -0.1) is 11.3 Å². The minimum atomic E-state index is 0.0670. The molecule has 1 aliphatic rings. The van der Waals surface area contributed by atoms with Crippen LogP contribution in [0.1, 0.15) is 29.1 Å². The molecule has 2 aromatic rings. The van der Waals surface area contributed by atoms with E-state index < -0.39 is 0 Å². The van der Waals surface area contributed by atoms with E-state index in [9.17, 15) is 9.59 Å². The lowest BCUT2D eigenvalue weighted by Crippen LogP contribution is -2.54. The summed E-state index contributed by atoms with van der Waals surface area (Å²) in [5.74, 6) is 0.151. The molecule has 3 rings (SSSR count). The first kappa shape index (κ1) is 17.1. The lowest BCUT2D eigenvalue weighted by Gasteiger charge is -2.39. The number of carbonyl (C=O) groups is 2. The Morgan fingerprint density at radius 3 is 2.83 bits per heavy atom. The first-order valence-electron chi connectivity index (χ1n) is 7.82. The van der Waals surface area contributed by atoms with Gasteiger partial charge < -0.3 is 4.90 Å². The van der Waals surface area contributed by atoms with E-state index in [0.29, 0.717) is 24.7 Å². The molecule has 1 aliphatic heterocycles. The predicted molar refractivity (Wildman–Crippen MR) is 98.0 cm³/mol. The highest BCUT2D eigenvalue weighted by Crippen LogP contribution is 2.25. The third-order valence-corrected chi connectivity index (χ3v) is 5.53. The zero-order valence-electron chi connectivity index (χ0n) is 13.7. The third-order valence-electron chi connectivity index (χ3n) is 4.22. The fourth-order valence-electron chi connectivity index (χ4n) is 2.88. The van der Waals surface area contributed by atoms with E-state index in [2.05, 4.69) is 11.8 Å². The number of thiophene rings is 1. The SMILES string of the molecule is CC(=O)c1cc(CN2CC(=O)N(c3cccc(Cl)c3)C[C@@H]2C)cs1. The molecular formula is C18H19ClN2O2S. The summed E-state index contributed by atoms with van der Waals surface area (Å²) in [4.78, 5) is 28.7. The number of rotatable bonds is 4. The van der Waals surface area contributed by atoms with Gasteiger partial charge in [0, 0.05) is 29.8 Å². The van der Waals surface area contributed by atoms with Crippen molar-refractivity contribution in [3.63, 3.8) is 0 Å². The highest BCUT2D eigenvalue weighted by atomic mass is 35.5. The lowest BCUT2D eigenvalue weighted by molar-refractivity contribution is -0.122. The van der Waals surface area contributed by atoms with Crippen LogP contribution in [0.4, 0.5) is 5.69 Å². The van der Waals surface area contributed by atoms with Crippen molar-refractivity contribution < 1.29 is 9.59 Å². The Labute approximate surface area is 150 Å². The van der Waals surface area contributed by atoms with Gasteiger partial charge in [0.05, 0.1) is 11.4 Å². The number of hydrogen-bond donors (Lipinski definition) is 0. The van der Waals surface area contributed by atoms with Gasteiger partial charge in [0.2, 0.25) is 5.91 Å². The number of nitrogens with zero attached hydrogens (tertiary/aromatic N) is 2. The van der Waals surface area contributed by atoms with E-state index in [-0.39, 0.29) is 17.7 Å². The lowest BCUT2D eigenvalue weighted by atomic mass is 10.1. The summed E-state index contributed by atoms with van der Waals surface area (Å²) in [7, 11) is 0. The molecular weight excluding hydrogens is 344 g/mol. The molecule has 2 heterocycles. The standard InChI is InChI=1S/C18H19ClN2O2S/c1-12-8-21(16-5-3-4-15(19)7-16)18(23)10-20(12)9-14-6-17(13(2)22)24-11-14/h3-7,11-12H,8-10H2,1-2H3/t12-/m0/s1. The molecule has 126 valence electrons. The van der Waals surface area contributed by atoms with Crippen LogP contribution in [0.25, 0.3) is 0 Å². The smallest absolute Gasteiger partial charge is 0.241 e. The van der Waals surface area contributed by atoms with E-state index in [1.54, 1.807) is 17.9 Å². The van der Waals surface area contributed by atoms with E-state index in [1.165, 1.54) is 11.3 Å². The van der Waals surface area contributed by atoms with Gasteiger partial charge in [-0.25, -0.2) is 0 Å². The molecule has 24 heavy (non-hydrogen) atoms. The summed E-state index contributed by atoms with van der Waals surface area (Å²) >= 11 is 7.50. The van der Waals surface area contributed by atoms with Crippen LogP contribution in [-0.2, 0) is 11.3 Å². The van der Waals surface area contributed by atoms with Crippen molar-refractivity contribution >= 4 is 40.3 Å². The molecule has 6 heteroatoms. The second-order valence-electron chi connectivity index (χ2n) is 6.11. The minimum Gasteiger partial charge on any atom is -0.310 e. The van der Waals surface area contributed by atoms with Crippen LogP contribution in [0, 0.1) is 0 Å². The minimum absolute atomic E-state index is 0.0670. The Morgan fingerprint density at radius 2 is 2.17 bits per heavy atom. The number of piperazine rings is 1. The highest BCUT2D eigenvalue weighted by Gasteiger charge is 2.30. The van der Waals surface area contributed by atoms with Crippen molar-refractivity contribution in [1.29, 1.82) is 0 Å². The average molecular weight is 363 g/mol. The molecule has 1 aromatic carbocycles. The molecule has 1 aromatic heterocycles. The van der Waals surface area contributed by atoms with Gasteiger partial charge in [0.15, 0.2) is 5.78 Å². The van der Waals surface area contributed by atoms with Gasteiger partial charge in [0.1, 0.15) is 0 Å². The zero-order valence-corrected chi connectivity index (χ0v) is 15.2. The van der Waals surface area contributed by atoms with Gasteiger partial charge in [-0.05, 0) is 49.1 Å². The van der Waals surface area contributed by atoms with E-state index in [4.69, 9.17) is 11.6 Å². The van der Waals surface area contributed by atoms with E-state index >= 15 is 0 Å². The second-order valence-corrected chi connectivity index (χ2v) is 7.46. The number of benzene rings is 1. The number of ketones is 1. The molecule has 0 unspecified atom stereocenters. The predicted octanol–water partition coefficient (Wildman–Crippen LogP) is 3.84. The van der Waals surface area contributed by atoms with Crippen molar-refractivity contribution in [2.75, 3.05) is 18.0 Å². The molecule has 0 radical (unpaired) electrons. The maximum atomic E-state index is 12.6. The van der Waals surface area contributed by atoms with Crippen molar-refractivity contribution in [2.45, 2.75) is 26.4 Å². The van der Waals surface area contributed by atoms with Crippen molar-refractivity contribution in [3.8, 4) is 0 Å². The topological polar surface area (TPSA) is 40.6 Å². The molecule has 1 atom stereocenters. The van der Waals surface area contributed by atoms with Crippen LogP contribution in [0.5, 0.6) is 0 Å². The van der Waals surface area contributed by atoms with Crippen LogP contribution in [0.2, 0.25) is 5.02 Å². The quantitative estimate of drug-likeness (QED) is 0.776. The third kappa shape index (κ3) is 3.69. The monoisotopic (exact) mass is 362 g/mol. The largest absolute Gasteiger partial charge is 0.310 e. The van der Waals surface area contributed by atoms with Gasteiger partial charge >= 0.3 is 0 Å². The first-order valence-corrected chi connectivity index (χ1v) is 9.08. The normalized spacial score (nSPS) is 18.9. The number of carbonyl (C=O) groups excluding carboxylic acids is 2. The molecule has 1 amide bonds. The molecule has 1 fully saturated rings. The number of amides is 1. The maximum Gasteiger partial charge on any atom is 0.241 e.